The minimum atomic E-state index is -0.500. The van der Waals surface area contributed by atoms with Crippen LogP contribution in [0, 0.1) is 0 Å². The van der Waals surface area contributed by atoms with Crippen LogP contribution in [0.2, 0.25) is 0 Å². The molecule has 0 bridgehead atoms. The van der Waals surface area contributed by atoms with E-state index in [0.29, 0.717) is 0 Å². The first kappa shape index (κ1) is 38.4. The molecular formula is C4H14N2Na3O. The van der Waals surface area contributed by atoms with E-state index >= 15 is 0 Å². The molecule has 0 rings (SSSR count). The van der Waals surface area contributed by atoms with Crippen LogP contribution in [-0.4, -0.2) is 40.3 Å². The molecule has 0 heterocycles. The number of nitrogens with two attached hydrogens (primary N) is 2. The van der Waals surface area contributed by atoms with E-state index < -0.39 is 5.60 Å². The zero-order chi connectivity index (χ0) is 4.50. The summed E-state index contributed by atoms with van der Waals surface area (Å²) in [7, 11) is 0. The van der Waals surface area contributed by atoms with E-state index in [1.54, 1.807) is 20.8 Å². The van der Waals surface area contributed by atoms with E-state index in [9.17, 15) is 0 Å². The fourth-order valence-electron chi connectivity index (χ4n) is 0. The van der Waals surface area contributed by atoms with Crippen molar-refractivity contribution in [2.75, 3.05) is 0 Å². The Morgan fingerprint density at radius 2 is 0.900 bits per heavy atom. The second-order valence-corrected chi connectivity index (χ2v) is 2.17. The number of rotatable bonds is 0. The van der Waals surface area contributed by atoms with Gasteiger partial charge in [0.15, 0.2) is 0 Å². The molecule has 0 spiro atoms. The molecule has 0 aromatic rings. The molecule has 6 heteroatoms. The minimum absolute atomic E-state index is 0. The average molecular weight is 175 g/mol. The van der Waals surface area contributed by atoms with Crippen LogP contribution in [0.5, 0.6) is 0 Å². The summed E-state index contributed by atoms with van der Waals surface area (Å²) in [4.78, 5) is 0. The SMILES string of the molecule is CC(C)(C)O.[NH2-].[NH2-].[Na+].[Na+].[Na]. The van der Waals surface area contributed by atoms with E-state index in [2.05, 4.69) is 0 Å². The monoisotopic (exact) mass is 175 g/mol. The van der Waals surface area contributed by atoms with Gasteiger partial charge in [-0.2, -0.15) is 0 Å². The standard InChI is InChI=1S/C4H10O.2H2N.3Na/c1-4(2,3)5;;;;;/h5H,1-3H3;2*1H2;;;/q;2*-1;;2*+1. The van der Waals surface area contributed by atoms with Crippen LogP contribution in [-0.2, 0) is 0 Å². The first-order valence-electron chi connectivity index (χ1n) is 1.72. The van der Waals surface area contributed by atoms with Crippen molar-refractivity contribution < 1.29 is 64.2 Å². The zero-order valence-electron chi connectivity index (χ0n) is 8.10. The molecule has 0 aliphatic rings. The third-order valence-corrected chi connectivity index (χ3v) is 0. The molecule has 0 atom stereocenters. The van der Waals surface area contributed by atoms with Crippen molar-refractivity contribution >= 4 is 29.6 Å². The van der Waals surface area contributed by atoms with E-state index in [1.165, 1.54) is 0 Å². The Bertz CT molecular complexity index is 34.0. The smallest absolute Gasteiger partial charge is 0.693 e. The number of aliphatic hydroxyl groups is 1. The predicted molar refractivity (Wildman–Crippen MR) is 38.3 cm³/mol. The first-order valence-corrected chi connectivity index (χ1v) is 1.72. The van der Waals surface area contributed by atoms with Crippen LogP contribution >= 0.6 is 0 Å². The van der Waals surface area contributed by atoms with E-state index in [1.807, 2.05) is 0 Å². The fourth-order valence-corrected chi connectivity index (χ4v) is 0. The zero-order valence-corrected chi connectivity index (χ0v) is 14.1. The van der Waals surface area contributed by atoms with Gasteiger partial charge in [-0.15, -0.1) is 0 Å². The van der Waals surface area contributed by atoms with Gasteiger partial charge in [-0.1, -0.05) is 0 Å². The van der Waals surface area contributed by atoms with E-state index in [0.717, 1.165) is 0 Å². The molecule has 49 valence electrons. The number of hydrogen-bond donors (Lipinski definition) is 1. The summed E-state index contributed by atoms with van der Waals surface area (Å²) in [6.07, 6.45) is 0. The summed E-state index contributed by atoms with van der Waals surface area (Å²) < 4.78 is 0. The molecule has 0 amide bonds. The van der Waals surface area contributed by atoms with Crippen LogP contribution in [0.1, 0.15) is 20.8 Å². The molecule has 0 aliphatic heterocycles. The molecule has 0 aliphatic carbocycles. The van der Waals surface area contributed by atoms with Crippen LogP contribution in [0.3, 0.4) is 0 Å². The second-order valence-electron chi connectivity index (χ2n) is 2.17. The Balaban J connectivity index is -0.00000000800. The van der Waals surface area contributed by atoms with Gasteiger partial charge in [0, 0.05) is 29.6 Å². The molecular weight excluding hydrogens is 161 g/mol. The van der Waals surface area contributed by atoms with Gasteiger partial charge >= 0.3 is 59.1 Å². The van der Waals surface area contributed by atoms with Crippen LogP contribution < -0.4 is 59.1 Å². The third-order valence-electron chi connectivity index (χ3n) is 0. The summed E-state index contributed by atoms with van der Waals surface area (Å²) in [5.41, 5.74) is -0.500. The second kappa shape index (κ2) is 17.8. The van der Waals surface area contributed by atoms with Gasteiger partial charge < -0.3 is 17.4 Å². The number of hydrogen-bond acceptors (Lipinski definition) is 1. The van der Waals surface area contributed by atoms with E-state index in [4.69, 9.17) is 5.11 Å². The molecule has 0 saturated heterocycles. The third kappa shape index (κ3) is 128. The van der Waals surface area contributed by atoms with Gasteiger partial charge in [-0.3, -0.25) is 0 Å². The Morgan fingerprint density at radius 3 is 0.900 bits per heavy atom. The molecule has 0 aromatic carbocycles. The summed E-state index contributed by atoms with van der Waals surface area (Å²) in [6, 6.07) is 0. The van der Waals surface area contributed by atoms with E-state index in [-0.39, 0.29) is 101 Å². The molecule has 0 saturated carbocycles. The fraction of sp³-hybridized carbons (Fsp3) is 1.00. The molecule has 0 fully saturated rings. The Morgan fingerprint density at radius 1 is 0.900 bits per heavy atom. The predicted octanol–water partition coefficient (Wildman–Crippen LogP) is -4.16. The molecule has 3 nitrogen and oxygen atoms in total. The Kier molecular flexibility index (Phi) is 68.5. The van der Waals surface area contributed by atoms with Gasteiger partial charge in [-0.05, 0) is 20.8 Å². The van der Waals surface area contributed by atoms with Crippen molar-refractivity contribution in [3.05, 3.63) is 12.3 Å². The average Bonchev–Trinajstić information content (AvgIpc) is 0.722. The maximum Gasteiger partial charge on any atom is 1.00 e. The summed E-state index contributed by atoms with van der Waals surface area (Å²) in [6.45, 7) is 5.23. The Labute approximate surface area is 130 Å². The van der Waals surface area contributed by atoms with Gasteiger partial charge in [0.25, 0.3) is 0 Å². The molecule has 5 N–H and O–H groups in total. The normalized spacial score (nSPS) is 6.00. The van der Waals surface area contributed by atoms with Crippen molar-refractivity contribution in [3.63, 3.8) is 0 Å². The van der Waals surface area contributed by atoms with Crippen molar-refractivity contribution in [1.82, 2.24) is 0 Å². The summed E-state index contributed by atoms with van der Waals surface area (Å²) >= 11 is 0. The van der Waals surface area contributed by atoms with Crippen LogP contribution in [0.4, 0.5) is 0 Å². The van der Waals surface area contributed by atoms with Crippen molar-refractivity contribution in [2.45, 2.75) is 26.4 Å². The molecule has 1 radical (unpaired) electrons. The Hall–Kier alpha value is 2.88. The van der Waals surface area contributed by atoms with Crippen LogP contribution in [0.25, 0.3) is 12.3 Å². The van der Waals surface area contributed by atoms with Gasteiger partial charge in [0.05, 0.1) is 5.60 Å². The van der Waals surface area contributed by atoms with Gasteiger partial charge in [-0.25, -0.2) is 0 Å². The summed E-state index contributed by atoms with van der Waals surface area (Å²) in [5.74, 6) is 0. The topological polar surface area (TPSA) is 87.2 Å². The molecule has 0 unspecified atom stereocenters. The molecule has 0 aromatic heterocycles. The van der Waals surface area contributed by atoms with Gasteiger partial charge in [0.1, 0.15) is 0 Å². The quantitative estimate of drug-likeness (QED) is 0.372. The molecule has 10 heavy (non-hydrogen) atoms. The largest absolute Gasteiger partial charge is 1.00 e. The first-order chi connectivity index (χ1) is 2.00. The minimum Gasteiger partial charge on any atom is -0.693 e. The maximum absolute atomic E-state index is 8.52. The van der Waals surface area contributed by atoms with Gasteiger partial charge in [0.2, 0.25) is 0 Å². The summed E-state index contributed by atoms with van der Waals surface area (Å²) in [5, 5.41) is 8.52. The van der Waals surface area contributed by atoms with Crippen molar-refractivity contribution in [1.29, 1.82) is 0 Å². The van der Waals surface area contributed by atoms with Crippen molar-refractivity contribution in [2.24, 2.45) is 0 Å². The van der Waals surface area contributed by atoms with Crippen LogP contribution in [0.15, 0.2) is 0 Å². The maximum atomic E-state index is 8.52. The van der Waals surface area contributed by atoms with Crippen molar-refractivity contribution in [3.8, 4) is 0 Å².